The Labute approximate surface area is 122 Å². The van der Waals surface area contributed by atoms with Gasteiger partial charge in [-0.05, 0) is 31.2 Å². The topological polar surface area (TPSA) is 50.4 Å². The molecular weight excluding hydrogens is 308 g/mol. The first-order valence-corrected chi connectivity index (χ1v) is 7.29. The number of carbonyl (C=O) groups is 1. The number of ether oxygens (including phenoxy) is 1. The van der Waals surface area contributed by atoms with Crippen molar-refractivity contribution in [1.82, 2.24) is 5.32 Å². The molecule has 1 amide bonds. The van der Waals surface area contributed by atoms with Crippen LogP contribution < -0.4 is 10.6 Å². The van der Waals surface area contributed by atoms with Crippen molar-refractivity contribution in [1.29, 1.82) is 0 Å². The first kappa shape index (κ1) is 14.5. The molecule has 0 spiro atoms. The number of halogens is 1. The fourth-order valence-corrected chi connectivity index (χ4v) is 2.59. The quantitative estimate of drug-likeness (QED) is 0.892. The van der Waals surface area contributed by atoms with E-state index in [0.717, 1.165) is 22.3 Å². The predicted octanol–water partition coefficient (Wildman–Crippen LogP) is 2.32. The highest BCUT2D eigenvalue weighted by molar-refractivity contribution is 9.10. The van der Waals surface area contributed by atoms with Crippen LogP contribution in [0, 0.1) is 12.8 Å². The highest BCUT2D eigenvalue weighted by atomic mass is 79.9. The fraction of sp³-hybridized carbons (Fsp3) is 0.500. The lowest BCUT2D eigenvalue weighted by Crippen LogP contribution is -2.41. The van der Waals surface area contributed by atoms with Crippen molar-refractivity contribution in [2.24, 2.45) is 5.92 Å². The molecule has 0 aromatic heterocycles. The summed E-state index contributed by atoms with van der Waals surface area (Å²) in [5, 5.41) is 6.28. The Bertz CT molecular complexity index is 465. The highest BCUT2D eigenvalue weighted by Crippen LogP contribution is 2.23. The van der Waals surface area contributed by atoms with Crippen LogP contribution in [0.2, 0.25) is 0 Å². The molecule has 0 bridgehead atoms. The summed E-state index contributed by atoms with van der Waals surface area (Å²) < 4.78 is 6.36. The van der Waals surface area contributed by atoms with Crippen LogP contribution in [-0.2, 0) is 9.53 Å². The third kappa shape index (κ3) is 3.55. The molecular formula is C14H19BrN2O2. The molecule has 1 aromatic rings. The summed E-state index contributed by atoms with van der Waals surface area (Å²) in [4.78, 5) is 12.3. The molecule has 104 valence electrons. The zero-order valence-electron chi connectivity index (χ0n) is 11.2. The first-order chi connectivity index (χ1) is 9.11. The summed E-state index contributed by atoms with van der Waals surface area (Å²) >= 11 is 3.42. The van der Waals surface area contributed by atoms with E-state index in [9.17, 15) is 4.79 Å². The second-order valence-corrected chi connectivity index (χ2v) is 5.67. The third-order valence-corrected chi connectivity index (χ3v) is 3.83. The van der Waals surface area contributed by atoms with E-state index in [1.807, 2.05) is 32.0 Å². The van der Waals surface area contributed by atoms with E-state index in [2.05, 4.69) is 26.6 Å². The van der Waals surface area contributed by atoms with Gasteiger partial charge in [0.2, 0.25) is 5.91 Å². The number of likely N-dealkylation sites (N-methyl/N-ethyl adjacent to an activating group) is 1. The predicted molar refractivity (Wildman–Crippen MR) is 79.3 cm³/mol. The lowest BCUT2D eigenvalue weighted by Gasteiger charge is -2.18. The van der Waals surface area contributed by atoms with E-state index in [1.54, 1.807) is 0 Å². The summed E-state index contributed by atoms with van der Waals surface area (Å²) in [5.74, 6) is -0.108. The molecule has 0 aliphatic carbocycles. The van der Waals surface area contributed by atoms with Gasteiger partial charge in [-0.15, -0.1) is 0 Å². The van der Waals surface area contributed by atoms with Gasteiger partial charge >= 0.3 is 0 Å². The van der Waals surface area contributed by atoms with Gasteiger partial charge < -0.3 is 15.4 Å². The Balaban J connectivity index is 2.06. The highest BCUT2D eigenvalue weighted by Gasteiger charge is 2.33. The molecule has 2 N–H and O–H groups in total. The van der Waals surface area contributed by atoms with Gasteiger partial charge in [0, 0.05) is 16.2 Å². The van der Waals surface area contributed by atoms with Gasteiger partial charge in [0.05, 0.1) is 19.1 Å². The van der Waals surface area contributed by atoms with E-state index in [0.29, 0.717) is 13.2 Å². The molecule has 2 atom stereocenters. The minimum atomic E-state index is -0.127. The number of nitrogens with one attached hydrogen (secondary N) is 2. The molecule has 1 saturated heterocycles. The van der Waals surface area contributed by atoms with E-state index >= 15 is 0 Å². The molecule has 1 aliphatic heterocycles. The average molecular weight is 327 g/mol. The van der Waals surface area contributed by atoms with Crippen molar-refractivity contribution in [3.8, 4) is 0 Å². The van der Waals surface area contributed by atoms with Crippen LogP contribution in [0.3, 0.4) is 0 Å². The fourth-order valence-electron chi connectivity index (χ4n) is 2.23. The number of hydrogen-bond acceptors (Lipinski definition) is 3. The maximum atomic E-state index is 12.3. The molecule has 1 aliphatic rings. The summed E-state index contributed by atoms with van der Waals surface area (Å²) in [5.41, 5.74) is 1.90. The molecule has 0 radical (unpaired) electrons. The van der Waals surface area contributed by atoms with Crippen LogP contribution in [0.5, 0.6) is 0 Å². The Morgan fingerprint density at radius 1 is 1.47 bits per heavy atom. The second kappa shape index (κ2) is 6.50. The zero-order chi connectivity index (χ0) is 13.8. The Morgan fingerprint density at radius 2 is 2.26 bits per heavy atom. The van der Waals surface area contributed by atoms with Gasteiger partial charge in [0.25, 0.3) is 0 Å². The third-order valence-electron chi connectivity index (χ3n) is 3.34. The number of rotatable bonds is 4. The van der Waals surface area contributed by atoms with Gasteiger partial charge in [-0.2, -0.15) is 0 Å². The van der Waals surface area contributed by atoms with Crippen LogP contribution in [-0.4, -0.2) is 31.7 Å². The normalized spacial score (nSPS) is 22.5. The summed E-state index contributed by atoms with van der Waals surface area (Å²) in [6.07, 6.45) is 0. The van der Waals surface area contributed by atoms with E-state index in [1.165, 1.54) is 0 Å². The first-order valence-electron chi connectivity index (χ1n) is 6.50. The smallest absolute Gasteiger partial charge is 0.231 e. The molecule has 2 rings (SSSR count). The number of carbonyl (C=O) groups excluding carboxylic acids is 1. The molecule has 1 fully saturated rings. The van der Waals surface area contributed by atoms with Gasteiger partial charge in [-0.3, -0.25) is 4.79 Å². The molecule has 1 aromatic carbocycles. The molecule has 5 heteroatoms. The van der Waals surface area contributed by atoms with E-state index in [-0.39, 0.29) is 17.9 Å². The number of anilines is 1. The van der Waals surface area contributed by atoms with Crippen LogP contribution >= 0.6 is 15.9 Å². The van der Waals surface area contributed by atoms with Crippen LogP contribution in [0.25, 0.3) is 0 Å². The average Bonchev–Trinajstić information content (AvgIpc) is 2.82. The van der Waals surface area contributed by atoms with Crippen LogP contribution in [0.1, 0.15) is 12.5 Å². The summed E-state index contributed by atoms with van der Waals surface area (Å²) in [6.45, 7) is 5.94. The van der Waals surface area contributed by atoms with Gasteiger partial charge in [-0.1, -0.05) is 28.9 Å². The van der Waals surface area contributed by atoms with Crippen molar-refractivity contribution in [2.45, 2.75) is 19.9 Å². The summed E-state index contributed by atoms with van der Waals surface area (Å²) in [7, 11) is 0. The molecule has 19 heavy (non-hydrogen) atoms. The van der Waals surface area contributed by atoms with Crippen molar-refractivity contribution < 1.29 is 9.53 Å². The van der Waals surface area contributed by atoms with E-state index in [4.69, 9.17) is 4.74 Å². The second-order valence-electron chi connectivity index (χ2n) is 4.76. The van der Waals surface area contributed by atoms with Crippen molar-refractivity contribution in [3.63, 3.8) is 0 Å². The Morgan fingerprint density at radius 3 is 3.00 bits per heavy atom. The largest absolute Gasteiger partial charge is 0.379 e. The van der Waals surface area contributed by atoms with Crippen molar-refractivity contribution in [2.75, 3.05) is 25.1 Å². The Hall–Kier alpha value is -0.910. The minimum absolute atomic E-state index is 0.0182. The molecule has 2 unspecified atom stereocenters. The van der Waals surface area contributed by atoms with Crippen LogP contribution in [0.15, 0.2) is 22.7 Å². The van der Waals surface area contributed by atoms with Gasteiger partial charge in [0.1, 0.15) is 0 Å². The van der Waals surface area contributed by atoms with Crippen molar-refractivity contribution in [3.05, 3.63) is 28.2 Å². The minimum Gasteiger partial charge on any atom is -0.379 e. The SMILES string of the molecule is CCNC1COCC1C(=O)Nc1cc(Br)ccc1C. The number of amides is 1. The maximum Gasteiger partial charge on any atom is 0.231 e. The van der Waals surface area contributed by atoms with Gasteiger partial charge in [-0.25, -0.2) is 0 Å². The molecule has 1 heterocycles. The monoisotopic (exact) mass is 326 g/mol. The maximum absolute atomic E-state index is 12.3. The zero-order valence-corrected chi connectivity index (χ0v) is 12.8. The van der Waals surface area contributed by atoms with Crippen LogP contribution in [0.4, 0.5) is 5.69 Å². The number of benzene rings is 1. The lowest BCUT2D eigenvalue weighted by atomic mass is 10.0. The lowest BCUT2D eigenvalue weighted by molar-refractivity contribution is -0.120. The van der Waals surface area contributed by atoms with E-state index < -0.39 is 0 Å². The molecule has 4 nitrogen and oxygen atoms in total. The van der Waals surface area contributed by atoms with Gasteiger partial charge in [0.15, 0.2) is 0 Å². The number of aryl methyl sites for hydroxylation is 1. The van der Waals surface area contributed by atoms with Crippen molar-refractivity contribution >= 4 is 27.5 Å². The Kier molecular flexibility index (Phi) is 4.96. The molecule has 0 saturated carbocycles. The number of hydrogen-bond donors (Lipinski definition) is 2. The standard InChI is InChI=1S/C14H19BrN2O2/c1-3-16-13-8-19-7-11(13)14(18)17-12-6-10(15)5-4-9(12)2/h4-6,11,13,16H,3,7-8H2,1-2H3,(H,17,18). The summed E-state index contributed by atoms with van der Waals surface area (Å²) in [6, 6.07) is 5.97.